The van der Waals surface area contributed by atoms with Gasteiger partial charge in [0.05, 0.1) is 0 Å². The molecule has 4 rings (SSSR count). The number of piperazine rings is 1. The van der Waals surface area contributed by atoms with Gasteiger partial charge in [-0.15, -0.1) is 0 Å². The van der Waals surface area contributed by atoms with Crippen LogP contribution in [0.1, 0.15) is 26.7 Å². The van der Waals surface area contributed by atoms with E-state index in [4.69, 9.17) is 0 Å². The van der Waals surface area contributed by atoms with Gasteiger partial charge in [-0.2, -0.15) is 0 Å². The molecule has 3 saturated heterocycles. The Kier molecular flexibility index (Phi) is 1.58. The van der Waals surface area contributed by atoms with E-state index in [-0.39, 0.29) is 0 Å². The third-order valence-electron chi connectivity index (χ3n) is 4.37. The maximum absolute atomic E-state index is 2.76. The van der Waals surface area contributed by atoms with E-state index in [2.05, 4.69) is 23.6 Å². The molecule has 0 radical (unpaired) electrons. The Morgan fingerprint density at radius 1 is 1.23 bits per heavy atom. The van der Waals surface area contributed by atoms with Crippen molar-refractivity contribution in [2.75, 3.05) is 26.2 Å². The molecule has 13 heavy (non-hydrogen) atoms. The van der Waals surface area contributed by atoms with Crippen LogP contribution in [-0.4, -0.2) is 47.6 Å². The summed E-state index contributed by atoms with van der Waals surface area (Å²) in [6.45, 7) is 10.0. The van der Waals surface area contributed by atoms with E-state index in [0.29, 0.717) is 5.54 Å². The number of hydrogen-bond donors (Lipinski definition) is 0. The molecule has 1 spiro atoms. The standard InChI is InChI=1S/C11H20N2/c1-9(2)12-3-4-13-7-10-5-11(13,6-10)8-12/h9-10H,3-8H2,1-2H3. The summed E-state index contributed by atoms with van der Waals surface area (Å²) in [4.78, 5) is 5.43. The normalized spacial score (nSPS) is 45.0. The molecule has 0 aromatic carbocycles. The minimum atomic E-state index is 0.646. The van der Waals surface area contributed by atoms with E-state index in [1.807, 2.05) is 0 Å². The quantitative estimate of drug-likeness (QED) is 0.598. The Hall–Kier alpha value is -0.0800. The maximum atomic E-state index is 2.76. The van der Waals surface area contributed by atoms with Crippen molar-refractivity contribution >= 4 is 0 Å². The lowest BCUT2D eigenvalue weighted by Crippen LogP contribution is -2.61. The molecule has 0 amide bonds. The van der Waals surface area contributed by atoms with Crippen molar-refractivity contribution in [2.24, 2.45) is 5.92 Å². The first-order valence-electron chi connectivity index (χ1n) is 5.69. The van der Waals surface area contributed by atoms with Crippen molar-refractivity contribution in [2.45, 2.75) is 38.3 Å². The SMILES string of the molecule is CC(C)N1CCN2CC3CC2(C3)C1. The fraction of sp³-hybridized carbons (Fsp3) is 1.00. The predicted octanol–water partition coefficient (Wildman–Crippen LogP) is 1.17. The van der Waals surface area contributed by atoms with Crippen molar-refractivity contribution < 1.29 is 0 Å². The van der Waals surface area contributed by atoms with Crippen LogP contribution in [0.2, 0.25) is 0 Å². The average Bonchev–Trinajstić information content (AvgIpc) is 2.54. The molecule has 4 aliphatic rings. The first kappa shape index (κ1) is 8.25. The van der Waals surface area contributed by atoms with Gasteiger partial charge in [0.25, 0.3) is 0 Å². The largest absolute Gasteiger partial charge is 0.298 e. The van der Waals surface area contributed by atoms with Gasteiger partial charge in [-0.1, -0.05) is 0 Å². The van der Waals surface area contributed by atoms with Crippen LogP contribution in [0.5, 0.6) is 0 Å². The highest BCUT2D eigenvalue weighted by molar-refractivity contribution is 5.13. The zero-order valence-corrected chi connectivity index (χ0v) is 8.79. The summed E-state index contributed by atoms with van der Waals surface area (Å²) in [7, 11) is 0. The van der Waals surface area contributed by atoms with Gasteiger partial charge in [-0.05, 0) is 32.6 Å². The summed E-state index contributed by atoms with van der Waals surface area (Å²) in [5, 5.41) is 0. The number of rotatable bonds is 1. The molecule has 74 valence electrons. The van der Waals surface area contributed by atoms with E-state index in [9.17, 15) is 0 Å². The predicted molar refractivity (Wildman–Crippen MR) is 53.7 cm³/mol. The van der Waals surface area contributed by atoms with Gasteiger partial charge in [0.1, 0.15) is 0 Å². The molecule has 2 nitrogen and oxygen atoms in total. The van der Waals surface area contributed by atoms with E-state index in [1.54, 1.807) is 0 Å². The van der Waals surface area contributed by atoms with Gasteiger partial charge in [0, 0.05) is 37.8 Å². The van der Waals surface area contributed by atoms with Crippen LogP contribution < -0.4 is 0 Å². The fourth-order valence-electron chi connectivity index (χ4n) is 3.61. The summed E-state index contributed by atoms with van der Waals surface area (Å²) in [6, 6.07) is 0.746. The minimum absolute atomic E-state index is 0.646. The molecule has 0 aromatic rings. The van der Waals surface area contributed by atoms with Crippen LogP contribution in [0, 0.1) is 5.92 Å². The van der Waals surface area contributed by atoms with E-state index >= 15 is 0 Å². The van der Waals surface area contributed by atoms with Crippen molar-refractivity contribution in [3.8, 4) is 0 Å². The van der Waals surface area contributed by atoms with Crippen LogP contribution in [0.3, 0.4) is 0 Å². The molecule has 1 aliphatic carbocycles. The molecule has 3 aliphatic heterocycles. The number of nitrogens with zero attached hydrogens (tertiary/aromatic N) is 2. The lowest BCUT2D eigenvalue weighted by atomic mass is 9.72. The van der Waals surface area contributed by atoms with Gasteiger partial charge in [-0.3, -0.25) is 9.80 Å². The maximum Gasteiger partial charge on any atom is 0.0343 e. The first-order valence-corrected chi connectivity index (χ1v) is 5.69. The molecule has 0 atom stereocenters. The third kappa shape index (κ3) is 1.02. The fourth-order valence-corrected chi connectivity index (χ4v) is 3.61. The van der Waals surface area contributed by atoms with Gasteiger partial charge < -0.3 is 0 Å². The van der Waals surface area contributed by atoms with Crippen LogP contribution in [0.4, 0.5) is 0 Å². The second-order valence-corrected chi connectivity index (χ2v) is 5.51. The Balaban J connectivity index is 1.76. The Labute approximate surface area is 80.9 Å². The molecule has 2 bridgehead atoms. The van der Waals surface area contributed by atoms with Crippen molar-refractivity contribution in [1.82, 2.24) is 9.80 Å². The average molecular weight is 180 g/mol. The van der Waals surface area contributed by atoms with Crippen LogP contribution in [-0.2, 0) is 0 Å². The smallest absolute Gasteiger partial charge is 0.0343 e. The van der Waals surface area contributed by atoms with Gasteiger partial charge in [0.2, 0.25) is 0 Å². The van der Waals surface area contributed by atoms with E-state index in [1.165, 1.54) is 39.0 Å². The Morgan fingerprint density at radius 2 is 2.00 bits per heavy atom. The second-order valence-electron chi connectivity index (χ2n) is 5.51. The topological polar surface area (TPSA) is 6.48 Å². The number of hydrogen-bond acceptors (Lipinski definition) is 2. The Bertz CT molecular complexity index is 218. The zero-order valence-electron chi connectivity index (χ0n) is 8.79. The van der Waals surface area contributed by atoms with Gasteiger partial charge in [-0.25, -0.2) is 0 Å². The molecule has 2 heteroatoms. The molecule has 0 aromatic heterocycles. The monoisotopic (exact) mass is 180 g/mol. The second kappa shape index (κ2) is 2.48. The van der Waals surface area contributed by atoms with E-state index in [0.717, 1.165) is 12.0 Å². The van der Waals surface area contributed by atoms with Crippen LogP contribution >= 0.6 is 0 Å². The highest BCUT2D eigenvalue weighted by atomic mass is 15.4. The lowest BCUT2D eigenvalue weighted by molar-refractivity contribution is -0.00201. The van der Waals surface area contributed by atoms with Crippen molar-refractivity contribution in [3.63, 3.8) is 0 Å². The molecular formula is C11H20N2. The van der Waals surface area contributed by atoms with Crippen LogP contribution in [0.25, 0.3) is 0 Å². The molecule has 0 N–H and O–H groups in total. The summed E-state index contributed by atoms with van der Waals surface area (Å²) < 4.78 is 0. The molecule has 0 unspecified atom stereocenters. The summed E-state index contributed by atoms with van der Waals surface area (Å²) in [5.41, 5.74) is 0.646. The van der Waals surface area contributed by atoms with Gasteiger partial charge >= 0.3 is 0 Å². The molecule has 4 fully saturated rings. The lowest BCUT2D eigenvalue weighted by Gasteiger charge is -2.50. The van der Waals surface area contributed by atoms with Crippen LogP contribution in [0.15, 0.2) is 0 Å². The minimum Gasteiger partial charge on any atom is -0.298 e. The summed E-state index contributed by atoms with van der Waals surface area (Å²) >= 11 is 0. The van der Waals surface area contributed by atoms with Crippen molar-refractivity contribution in [3.05, 3.63) is 0 Å². The third-order valence-corrected chi connectivity index (χ3v) is 4.37. The molecule has 1 saturated carbocycles. The molecular weight excluding hydrogens is 160 g/mol. The zero-order chi connectivity index (χ0) is 9.05. The van der Waals surface area contributed by atoms with E-state index < -0.39 is 0 Å². The summed E-state index contributed by atoms with van der Waals surface area (Å²) in [5.74, 6) is 1.06. The highest BCUT2D eigenvalue weighted by Gasteiger charge is 2.57. The van der Waals surface area contributed by atoms with Crippen molar-refractivity contribution in [1.29, 1.82) is 0 Å². The first-order chi connectivity index (χ1) is 6.20. The Morgan fingerprint density at radius 3 is 2.69 bits per heavy atom. The summed E-state index contributed by atoms with van der Waals surface area (Å²) in [6.07, 6.45) is 2.99. The van der Waals surface area contributed by atoms with Gasteiger partial charge in [0.15, 0.2) is 0 Å². The molecule has 3 heterocycles. The highest BCUT2D eigenvalue weighted by Crippen LogP contribution is 2.51.